The first-order chi connectivity index (χ1) is 8.70. The molecule has 0 aromatic carbocycles. The van der Waals surface area contributed by atoms with Gasteiger partial charge in [-0.25, -0.2) is 0 Å². The largest absolute Gasteiger partial charge is 0.503 e. The van der Waals surface area contributed by atoms with E-state index in [1.807, 2.05) is 0 Å². The van der Waals surface area contributed by atoms with Crippen LogP contribution in [0.2, 0.25) is 5.54 Å². The van der Waals surface area contributed by atoms with Crippen LogP contribution >= 0.6 is 0 Å². The Hall–Kier alpha value is -0.163. The van der Waals surface area contributed by atoms with Crippen LogP contribution in [-0.2, 0) is 13.3 Å². The number of hydrogen-bond acceptors (Lipinski definition) is 3. The molecule has 0 radical (unpaired) electrons. The summed E-state index contributed by atoms with van der Waals surface area (Å²) in [6, 6.07) is 0. The molecule has 0 N–H and O–H groups in total. The Bertz CT molecular complexity index is 304. The van der Waals surface area contributed by atoms with E-state index in [2.05, 4.69) is 13.0 Å². The molecule has 2 bridgehead atoms. The molecule has 0 aliphatic heterocycles. The van der Waals surface area contributed by atoms with Crippen LogP contribution < -0.4 is 0 Å². The van der Waals surface area contributed by atoms with E-state index in [0.29, 0.717) is 11.5 Å². The smallest absolute Gasteiger partial charge is 0.377 e. The van der Waals surface area contributed by atoms with Crippen molar-refractivity contribution in [1.82, 2.24) is 0 Å². The van der Waals surface area contributed by atoms with Crippen molar-refractivity contribution in [3.05, 3.63) is 11.6 Å². The summed E-state index contributed by atoms with van der Waals surface area (Å²) in [5.41, 5.74) is 2.11. The summed E-state index contributed by atoms with van der Waals surface area (Å²) in [5.74, 6) is 1.51. The molecule has 2 aliphatic carbocycles. The van der Waals surface area contributed by atoms with Crippen LogP contribution in [0.5, 0.6) is 0 Å². The fraction of sp³-hybridized carbons (Fsp3) is 0.857. The summed E-state index contributed by atoms with van der Waals surface area (Å²) in [4.78, 5) is 0. The Morgan fingerprint density at radius 2 is 1.89 bits per heavy atom. The molecule has 2 rings (SSSR count). The molecule has 0 amide bonds. The lowest BCUT2D eigenvalue weighted by Crippen LogP contribution is -2.50. The Kier molecular flexibility index (Phi) is 4.64. The molecule has 0 saturated heterocycles. The lowest BCUT2D eigenvalue weighted by atomic mass is 9.87. The van der Waals surface area contributed by atoms with E-state index >= 15 is 0 Å². The maximum Gasteiger partial charge on any atom is 0.503 e. The van der Waals surface area contributed by atoms with Gasteiger partial charge in [0.15, 0.2) is 0 Å². The number of hydrogen-bond donors (Lipinski definition) is 0. The van der Waals surface area contributed by atoms with E-state index in [4.69, 9.17) is 13.3 Å². The summed E-state index contributed by atoms with van der Waals surface area (Å²) < 4.78 is 17.2. The molecule has 0 aromatic rings. The van der Waals surface area contributed by atoms with Crippen molar-refractivity contribution in [1.29, 1.82) is 0 Å². The predicted octanol–water partition coefficient (Wildman–Crippen LogP) is 3.39. The first-order valence-electron chi connectivity index (χ1n) is 7.04. The molecule has 0 aromatic heterocycles. The standard InChI is InChI=1S/C14H26O3Si/c1-5-6-14(18(15-2,16-3)17-4)13-10-11-7-8-12(13)9-11/h7,12-14H,5-6,8-10H2,1-4H3. The van der Waals surface area contributed by atoms with Gasteiger partial charge < -0.3 is 13.3 Å². The molecule has 2 aliphatic rings. The molecular formula is C14H26O3Si. The van der Waals surface area contributed by atoms with Crippen molar-refractivity contribution in [2.75, 3.05) is 21.3 Å². The number of fused-ring (bicyclic) bond motifs is 2. The Morgan fingerprint density at radius 1 is 1.22 bits per heavy atom. The third kappa shape index (κ3) is 2.31. The minimum absolute atomic E-state index is 0.457. The van der Waals surface area contributed by atoms with E-state index in [0.717, 1.165) is 18.8 Å². The van der Waals surface area contributed by atoms with Crippen LogP contribution in [-0.4, -0.2) is 30.1 Å². The molecule has 3 unspecified atom stereocenters. The molecule has 1 fully saturated rings. The zero-order valence-corrected chi connectivity index (χ0v) is 13.1. The normalized spacial score (nSPS) is 28.6. The van der Waals surface area contributed by atoms with Gasteiger partial charge in [0.25, 0.3) is 0 Å². The van der Waals surface area contributed by atoms with Crippen molar-refractivity contribution in [2.24, 2.45) is 11.8 Å². The topological polar surface area (TPSA) is 27.7 Å². The predicted molar refractivity (Wildman–Crippen MR) is 74.4 cm³/mol. The lowest BCUT2D eigenvalue weighted by Gasteiger charge is -2.38. The van der Waals surface area contributed by atoms with Crippen LogP contribution in [0.1, 0.15) is 39.0 Å². The van der Waals surface area contributed by atoms with E-state index in [-0.39, 0.29) is 0 Å². The fourth-order valence-electron chi connectivity index (χ4n) is 3.92. The molecule has 3 nitrogen and oxygen atoms in total. The second kappa shape index (κ2) is 5.86. The molecule has 18 heavy (non-hydrogen) atoms. The Labute approximate surface area is 112 Å². The van der Waals surface area contributed by atoms with Crippen molar-refractivity contribution in [3.63, 3.8) is 0 Å². The first kappa shape index (κ1) is 14.3. The second-order valence-electron chi connectivity index (χ2n) is 5.54. The zero-order valence-electron chi connectivity index (χ0n) is 12.1. The van der Waals surface area contributed by atoms with Gasteiger partial charge in [-0.2, -0.15) is 0 Å². The van der Waals surface area contributed by atoms with Gasteiger partial charge in [0.2, 0.25) is 0 Å². The maximum atomic E-state index is 5.75. The van der Waals surface area contributed by atoms with Gasteiger partial charge in [-0.3, -0.25) is 0 Å². The third-order valence-corrected chi connectivity index (χ3v) is 8.09. The Morgan fingerprint density at radius 3 is 2.28 bits per heavy atom. The number of rotatable bonds is 7. The highest BCUT2D eigenvalue weighted by molar-refractivity contribution is 6.62. The molecular weight excluding hydrogens is 244 g/mol. The molecule has 0 heterocycles. The van der Waals surface area contributed by atoms with Crippen molar-refractivity contribution in [3.8, 4) is 0 Å². The SMILES string of the molecule is CCCC(C1CC2=CCC1C2)[Si](OC)(OC)OC. The molecule has 3 atom stereocenters. The lowest BCUT2D eigenvalue weighted by molar-refractivity contribution is 0.0938. The first-order valence-corrected chi connectivity index (χ1v) is 8.84. The van der Waals surface area contributed by atoms with Gasteiger partial charge in [-0.1, -0.05) is 25.0 Å². The van der Waals surface area contributed by atoms with Gasteiger partial charge in [0.1, 0.15) is 0 Å². The maximum absolute atomic E-state index is 5.75. The summed E-state index contributed by atoms with van der Waals surface area (Å²) in [6.07, 6.45) is 8.53. The van der Waals surface area contributed by atoms with Crippen molar-refractivity contribution in [2.45, 2.75) is 44.6 Å². The second-order valence-corrected chi connectivity index (χ2v) is 8.71. The average Bonchev–Trinajstić information content (AvgIpc) is 3.02. The highest BCUT2D eigenvalue weighted by Crippen LogP contribution is 2.53. The number of allylic oxidation sites excluding steroid dienone is 2. The molecule has 4 heteroatoms. The van der Waals surface area contributed by atoms with Gasteiger partial charge in [-0.05, 0) is 37.5 Å². The summed E-state index contributed by atoms with van der Waals surface area (Å²) in [5, 5.41) is 0. The van der Waals surface area contributed by atoms with E-state index in [1.165, 1.54) is 19.3 Å². The Balaban J connectivity index is 2.19. The van der Waals surface area contributed by atoms with Crippen LogP contribution in [0, 0.1) is 11.8 Å². The van der Waals surface area contributed by atoms with Crippen LogP contribution in [0.25, 0.3) is 0 Å². The van der Waals surface area contributed by atoms with Gasteiger partial charge in [0, 0.05) is 26.9 Å². The quantitative estimate of drug-likeness (QED) is 0.524. The monoisotopic (exact) mass is 270 g/mol. The van der Waals surface area contributed by atoms with Crippen LogP contribution in [0.3, 0.4) is 0 Å². The van der Waals surface area contributed by atoms with Gasteiger partial charge in [0.05, 0.1) is 0 Å². The van der Waals surface area contributed by atoms with Gasteiger partial charge >= 0.3 is 8.80 Å². The molecule has 104 valence electrons. The van der Waals surface area contributed by atoms with Crippen LogP contribution in [0.4, 0.5) is 0 Å². The molecule has 0 spiro atoms. The highest BCUT2D eigenvalue weighted by atomic mass is 28.4. The van der Waals surface area contributed by atoms with E-state index in [9.17, 15) is 0 Å². The summed E-state index contributed by atoms with van der Waals surface area (Å²) in [6.45, 7) is 2.24. The van der Waals surface area contributed by atoms with Gasteiger partial charge in [-0.15, -0.1) is 0 Å². The van der Waals surface area contributed by atoms with Crippen LogP contribution in [0.15, 0.2) is 11.6 Å². The minimum atomic E-state index is -2.50. The average molecular weight is 270 g/mol. The highest BCUT2D eigenvalue weighted by Gasteiger charge is 2.54. The minimum Gasteiger partial charge on any atom is -0.377 e. The molecule has 1 saturated carbocycles. The van der Waals surface area contributed by atoms with Crippen molar-refractivity contribution >= 4 is 8.80 Å². The van der Waals surface area contributed by atoms with E-state index < -0.39 is 8.80 Å². The fourth-order valence-corrected chi connectivity index (χ4v) is 6.89. The third-order valence-electron chi connectivity index (χ3n) is 4.76. The van der Waals surface area contributed by atoms with E-state index in [1.54, 1.807) is 26.9 Å². The zero-order chi connectivity index (χ0) is 13.2. The summed E-state index contributed by atoms with van der Waals surface area (Å²) >= 11 is 0. The summed E-state index contributed by atoms with van der Waals surface area (Å²) in [7, 11) is 2.74. The van der Waals surface area contributed by atoms with Crippen molar-refractivity contribution < 1.29 is 13.3 Å².